The number of anilines is 1. The quantitative estimate of drug-likeness (QED) is 0.395. The van der Waals surface area contributed by atoms with Gasteiger partial charge in [0.2, 0.25) is 0 Å². The van der Waals surface area contributed by atoms with Gasteiger partial charge < -0.3 is 14.8 Å². The monoisotopic (exact) mass is 463 g/mol. The molecule has 30 heavy (non-hydrogen) atoms. The van der Waals surface area contributed by atoms with Crippen molar-refractivity contribution in [2.75, 3.05) is 11.9 Å². The Morgan fingerprint density at radius 2 is 1.83 bits per heavy atom. The fourth-order valence-corrected chi connectivity index (χ4v) is 3.72. The van der Waals surface area contributed by atoms with Gasteiger partial charge in [0.25, 0.3) is 0 Å². The van der Waals surface area contributed by atoms with Crippen LogP contribution in [0.15, 0.2) is 60.8 Å². The first kappa shape index (κ1) is 22.5. The largest absolute Gasteiger partial charge is 0.345 e. The van der Waals surface area contributed by atoms with Crippen LogP contribution in [0.3, 0.4) is 0 Å². The molecule has 0 aliphatic carbocycles. The minimum Gasteiger partial charge on any atom is -0.345 e. The summed E-state index contributed by atoms with van der Waals surface area (Å²) < 4.78 is 2.13. The topological polar surface area (TPSA) is 37.3 Å². The van der Waals surface area contributed by atoms with E-state index in [1.807, 2.05) is 42.6 Å². The molecule has 7 heteroatoms. The normalized spacial score (nSPS) is 11.0. The third-order valence-corrected chi connectivity index (χ3v) is 5.54. The summed E-state index contributed by atoms with van der Waals surface area (Å²) in [6.07, 6.45) is 2.01. The molecule has 4 nitrogen and oxygen atoms in total. The van der Waals surface area contributed by atoms with Crippen molar-refractivity contribution >= 4 is 46.5 Å². The molecule has 2 amide bonds. The van der Waals surface area contributed by atoms with Crippen LogP contribution in [0.4, 0.5) is 10.5 Å². The smallest absolute Gasteiger partial charge is 0.322 e. The average molecular weight is 465 g/mol. The molecule has 3 rings (SSSR count). The predicted octanol–water partition coefficient (Wildman–Crippen LogP) is 7.19. The summed E-state index contributed by atoms with van der Waals surface area (Å²) in [5.74, 6) is 0.320. The van der Waals surface area contributed by atoms with Gasteiger partial charge in [0.1, 0.15) is 0 Å². The molecule has 0 saturated heterocycles. The molecule has 0 aliphatic rings. The number of urea groups is 1. The minimum absolute atomic E-state index is 0.183. The summed E-state index contributed by atoms with van der Waals surface area (Å²) in [4.78, 5) is 14.8. The fourth-order valence-electron chi connectivity index (χ4n) is 3.21. The van der Waals surface area contributed by atoms with E-state index in [1.165, 1.54) is 0 Å². The summed E-state index contributed by atoms with van der Waals surface area (Å²) in [6.45, 7) is 5.97. The first-order valence-corrected chi connectivity index (χ1v) is 10.8. The number of carbonyl (C=O) groups is 1. The highest BCUT2D eigenvalue weighted by atomic mass is 35.5. The van der Waals surface area contributed by atoms with Crippen molar-refractivity contribution in [3.63, 3.8) is 0 Å². The van der Waals surface area contributed by atoms with Gasteiger partial charge >= 0.3 is 6.03 Å². The van der Waals surface area contributed by atoms with Gasteiger partial charge in [-0.05, 0) is 53.9 Å². The number of hydrogen-bond acceptors (Lipinski definition) is 1. The van der Waals surface area contributed by atoms with E-state index in [1.54, 1.807) is 23.1 Å². The second-order valence-electron chi connectivity index (χ2n) is 7.59. The summed E-state index contributed by atoms with van der Waals surface area (Å²) in [5.41, 5.74) is 2.76. The highest BCUT2D eigenvalue weighted by Crippen LogP contribution is 2.25. The van der Waals surface area contributed by atoms with Gasteiger partial charge in [-0.2, -0.15) is 0 Å². The van der Waals surface area contributed by atoms with E-state index >= 15 is 0 Å². The molecule has 0 unspecified atom stereocenters. The zero-order valence-corrected chi connectivity index (χ0v) is 19.2. The van der Waals surface area contributed by atoms with Crippen LogP contribution in [0.25, 0.3) is 0 Å². The van der Waals surface area contributed by atoms with E-state index in [4.69, 9.17) is 34.8 Å². The highest BCUT2D eigenvalue weighted by molar-refractivity contribution is 6.42. The zero-order chi connectivity index (χ0) is 21.7. The molecule has 0 saturated carbocycles. The lowest BCUT2D eigenvalue weighted by Crippen LogP contribution is -2.37. The van der Waals surface area contributed by atoms with Gasteiger partial charge in [-0.1, -0.05) is 60.8 Å². The highest BCUT2D eigenvalue weighted by Gasteiger charge is 2.18. The molecular formula is C23H24Cl3N3O. The van der Waals surface area contributed by atoms with Crippen LogP contribution in [-0.4, -0.2) is 22.0 Å². The Kier molecular flexibility index (Phi) is 7.70. The van der Waals surface area contributed by atoms with Gasteiger partial charge in [-0.15, -0.1) is 0 Å². The van der Waals surface area contributed by atoms with Gasteiger partial charge in [-0.3, -0.25) is 0 Å². The standard InChI is InChI=1S/C23H24Cl3N3O/c1-16(2)13-29(23(30)27-19-8-9-21(25)22(26)12-19)15-20-7-4-10-28(20)14-17-5-3-6-18(24)11-17/h3-12,16H,13-15H2,1-2H3,(H,27,30). The number of rotatable bonds is 7. The number of nitrogens with one attached hydrogen (secondary N) is 1. The molecule has 0 atom stereocenters. The molecule has 0 radical (unpaired) electrons. The Labute approximate surface area is 192 Å². The fraction of sp³-hybridized carbons (Fsp3) is 0.261. The van der Waals surface area contributed by atoms with Crippen LogP contribution < -0.4 is 5.32 Å². The first-order chi connectivity index (χ1) is 14.3. The van der Waals surface area contributed by atoms with E-state index in [0.717, 1.165) is 11.3 Å². The summed E-state index contributed by atoms with van der Waals surface area (Å²) in [7, 11) is 0. The van der Waals surface area contributed by atoms with Crippen LogP contribution in [0.2, 0.25) is 15.1 Å². The van der Waals surface area contributed by atoms with Crippen molar-refractivity contribution in [1.29, 1.82) is 0 Å². The van der Waals surface area contributed by atoms with Gasteiger partial charge in [0, 0.05) is 35.7 Å². The molecule has 1 N–H and O–H groups in total. The third kappa shape index (κ3) is 6.18. The molecular weight excluding hydrogens is 441 g/mol. The number of nitrogens with zero attached hydrogens (tertiary/aromatic N) is 2. The first-order valence-electron chi connectivity index (χ1n) is 9.71. The number of hydrogen-bond donors (Lipinski definition) is 1. The SMILES string of the molecule is CC(C)CN(Cc1cccn1Cc1cccc(Cl)c1)C(=O)Nc1ccc(Cl)c(Cl)c1. The lowest BCUT2D eigenvalue weighted by Gasteiger charge is -2.26. The van der Waals surface area contributed by atoms with Crippen LogP contribution >= 0.6 is 34.8 Å². The molecule has 1 aromatic heterocycles. The van der Waals surface area contributed by atoms with Crippen LogP contribution in [0.1, 0.15) is 25.1 Å². The Morgan fingerprint density at radius 3 is 2.53 bits per heavy atom. The summed E-state index contributed by atoms with van der Waals surface area (Å²) in [5, 5.41) is 4.49. The molecule has 0 aliphatic heterocycles. The van der Waals surface area contributed by atoms with Crippen molar-refractivity contribution in [2.24, 2.45) is 5.92 Å². The number of carbonyl (C=O) groups excluding carboxylic acids is 1. The van der Waals surface area contributed by atoms with Gasteiger partial charge in [0.15, 0.2) is 0 Å². The van der Waals surface area contributed by atoms with E-state index in [2.05, 4.69) is 23.7 Å². The molecule has 0 bridgehead atoms. The van der Waals surface area contributed by atoms with E-state index in [0.29, 0.717) is 46.3 Å². The van der Waals surface area contributed by atoms with Crippen molar-refractivity contribution in [2.45, 2.75) is 26.9 Å². The zero-order valence-electron chi connectivity index (χ0n) is 16.9. The number of amides is 2. The molecule has 2 aromatic carbocycles. The van der Waals surface area contributed by atoms with Crippen molar-refractivity contribution in [3.05, 3.63) is 87.1 Å². The van der Waals surface area contributed by atoms with Crippen LogP contribution in [0.5, 0.6) is 0 Å². The van der Waals surface area contributed by atoms with E-state index < -0.39 is 0 Å². The number of halogens is 3. The maximum atomic E-state index is 13.0. The average Bonchev–Trinajstić information content (AvgIpc) is 3.10. The Balaban J connectivity index is 1.75. The lowest BCUT2D eigenvalue weighted by atomic mass is 10.2. The Bertz CT molecular complexity index is 1020. The summed E-state index contributed by atoms with van der Waals surface area (Å²) >= 11 is 18.2. The van der Waals surface area contributed by atoms with E-state index in [-0.39, 0.29) is 6.03 Å². The third-order valence-electron chi connectivity index (χ3n) is 4.56. The lowest BCUT2D eigenvalue weighted by molar-refractivity contribution is 0.200. The summed E-state index contributed by atoms with van der Waals surface area (Å²) in [6, 6.07) is 16.7. The molecule has 158 valence electrons. The molecule has 1 heterocycles. The minimum atomic E-state index is -0.183. The van der Waals surface area contributed by atoms with Crippen molar-refractivity contribution in [3.8, 4) is 0 Å². The van der Waals surface area contributed by atoms with Gasteiger partial charge in [-0.25, -0.2) is 4.79 Å². The Morgan fingerprint density at radius 1 is 1.03 bits per heavy atom. The number of benzene rings is 2. The number of aromatic nitrogens is 1. The van der Waals surface area contributed by atoms with Crippen LogP contribution in [0, 0.1) is 5.92 Å². The second-order valence-corrected chi connectivity index (χ2v) is 8.84. The molecule has 0 spiro atoms. The maximum absolute atomic E-state index is 13.0. The van der Waals surface area contributed by atoms with Gasteiger partial charge in [0.05, 0.1) is 16.6 Å². The van der Waals surface area contributed by atoms with Crippen molar-refractivity contribution < 1.29 is 4.79 Å². The van der Waals surface area contributed by atoms with E-state index in [9.17, 15) is 4.79 Å². The van der Waals surface area contributed by atoms with Crippen molar-refractivity contribution in [1.82, 2.24) is 9.47 Å². The molecule has 3 aromatic rings. The second kappa shape index (κ2) is 10.3. The Hall–Kier alpha value is -2.14. The van der Waals surface area contributed by atoms with Crippen LogP contribution in [-0.2, 0) is 13.1 Å². The predicted molar refractivity (Wildman–Crippen MR) is 126 cm³/mol. The molecule has 0 fully saturated rings. The maximum Gasteiger partial charge on any atom is 0.322 e.